The number of hydrogen-bond acceptors (Lipinski definition) is 3. The van der Waals surface area contributed by atoms with Gasteiger partial charge in [-0.3, -0.25) is 9.59 Å². The van der Waals surface area contributed by atoms with Crippen LogP contribution in [0, 0.1) is 0 Å². The molecule has 142 valence electrons. The number of carbonyl (C=O) groups is 2. The lowest BCUT2D eigenvalue weighted by Crippen LogP contribution is -2.35. The average Bonchev–Trinajstić information content (AvgIpc) is 2.68. The van der Waals surface area contributed by atoms with Crippen LogP contribution in [0.25, 0.3) is 0 Å². The van der Waals surface area contributed by atoms with Crippen LogP contribution in [0.3, 0.4) is 0 Å². The lowest BCUT2D eigenvalue weighted by molar-refractivity contribution is 0.0724. The Morgan fingerprint density at radius 3 is 2.41 bits per heavy atom. The predicted molar refractivity (Wildman–Crippen MR) is 106 cm³/mol. The van der Waals surface area contributed by atoms with Gasteiger partial charge in [-0.05, 0) is 69.5 Å². The van der Waals surface area contributed by atoms with E-state index in [4.69, 9.17) is 4.74 Å². The summed E-state index contributed by atoms with van der Waals surface area (Å²) >= 11 is 0. The zero-order valence-electron chi connectivity index (χ0n) is 15.9. The fourth-order valence-corrected chi connectivity index (χ4v) is 3.20. The van der Waals surface area contributed by atoms with E-state index < -0.39 is 0 Å². The number of rotatable bonds is 5. The van der Waals surface area contributed by atoms with E-state index in [1.807, 2.05) is 24.8 Å². The Labute approximate surface area is 160 Å². The highest BCUT2D eigenvalue weighted by Gasteiger charge is 2.18. The molecule has 0 bridgehead atoms. The van der Waals surface area contributed by atoms with E-state index in [1.54, 1.807) is 42.5 Å². The third kappa shape index (κ3) is 5.09. The summed E-state index contributed by atoms with van der Waals surface area (Å²) in [7, 11) is 0. The minimum atomic E-state index is -0.230. The van der Waals surface area contributed by atoms with E-state index in [-0.39, 0.29) is 17.9 Å². The summed E-state index contributed by atoms with van der Waals surface area (Å²) in [6.07, 6.45) is 3.33. The number of amides is 2. The van der Waals surface area contributed by atoms with Gasteiger partial charge in [0.2, 0.25) is 0 Å². The summed E-state index contributed by atoms with van der Waals surface area (Å²) in [4.78, 5) is 27.1. The maximum atomic E-state index is 12.7. The van der Waals surface area contributed by atoms with E-state index in [1.165, 1.54) is 6.42 Å². The van der Waals surface area contributed by atoms with E-state index in [0.717, 1.165) is 25.9 Å². The van der Waals surface area contributed by atoms with Gasteiger partial charge in [0.05, 0.1) is 6.10 Å². The van der Waals surface area contributed by atoms with Crippen LogP contribution in [-0.4, -0.2) is 35.9 Å². The van der Waals surface area contributed by atoms with Crippen molar-refractivity contribution in [1.29, 1.82) is 0 Å². The number of nitrogens with one attached hydrogen (secondary N) is 1. The van der Waals surface area contributed by atoms with Crippen LogP contribution in [0.4, 0.5) is 5.69 Å². The number of piperidine rings is 1. The molecule has 0 saturated carbocycles. The normalized spacial score (nSPS) is 14.1. The van der Waals surface area contributed by atoms with Crippen LogP contribution in [0.5, 0.6) is 5.75 Å². The zero-order valence-corrected chi connectivity index (χ0v) is 15.9. The Balaban J connectivity index is 1.70. The third-order valence-electron chi connectivity index (χ3n) is 4.48. The summed E-state index contributed by atoms with van der Waals surface area (Å²) in [6.45, 7) is 5.49. The first-order chi connectivity index (χ1) is 13.0. The van der Waals surface area contributed by atoms with Gasteiger partial charge in [-0.1, -0.05) is 12.1 Å². The summed E-state index contributed by atoms with van der Waals surface area (Å²) in [5.41, 5.74) is 1.73. The van der Waals surface area contributed by atoms with E-state index in [9.17, 15) is 9.59 Å². The molecule has 5 heteroatoms. The first kappa shape index (κ1) is 19.0. The van der Waals surface area contributed by atoms with E-state index in [2.05, 4.69) is 5.32 Å². The molecule has 5 nitrogen and oxygen atoms in total. The summed E-state index contributed by atoms with van der Waals surface area (Å²) < 4.78 is 5.64. The molecule has 1 fully saturated rings. The van der Waals surface area contributed by atoms with Crippen LogP contribution in [0.1, 0.15) is 53.8 Å². The predicted octanol–water partition coefficient (Wildman–Crippen LogP) is 4.35. The molecule has 1 aliphatic heterocycles. The van der Waals surface area contributed by atoms with Crippen molar-refractivity contribution in [2.24, 2.45) is 0 Å². The van der Waals surface area contributed by atoms with Crippen molar-refractivity contribution >= 4 is 17.5 Å². The number of hydrogen-bond donors (Lipinski definition) is 1. The Morgan fingerprint density at radius 2 is 1.67 bits per heavy atom. The molecule has 1 saturated heterocycles. The topological polar surface area (TPSA) is 58.6 Å². The van der Waals surface area contributed by atoms with Gasteiger partial charge in [0.1, 0.15) is 5.75 Å². The summed E-state index contributed by atoms with van der Waals surface area (Å²) in [6, 6.07) is 14.2. The molecule has 2 amide bonds. The van der Waals surface area contributed by atoms with Crippen LogP contribution in [0.15, 0.2) is 48.5 Å². The van der Waals surface area contributed by atoms with E-state index in [0.29, 0.717) is 22.6 Å². The van der Waals surface area contributed by atoms with Gasteiger partial charge in [0, 0.05) is 29.9 Å². The van der Waals surface area contributed by atoms with Crippen LogP contribution < -0.4 is 10.1 Å². The Kier molecular flexibility index (Phi) is 6.12. The molecule has 2 aromatic rings. The number of likely N-dealkylation sites (tertiary alicyclic amines) is 1. The number of anilines is 1. The highest BCUT2D eigenvalue weighted by Crippen LogP contribution is 2.19. The highest BCUT2D eigenvalue weighted by atomic mass is 16.5. The molecule has 0 aromatic heterocycles. The Morgan fingerprint density at radius 1 is 0.963 bits per heavy atom. The zero-order chi connectivity index (χ0) is 19.2. The lowest BCUT2D eigenvalue weighted by atomic mass is 10.1. The van der Waals surface area contributed by atoms with Crippen LogP contribution in [0.2, 0.25) is 0 Å². The SMILES string of the molecule is CC(C)Oc1cccc(C(=O)Nc2cccc(C(=O)N3CCCCC3)c2)c1. The smallest absolute Gasteiger partial charge is 0.255 e. The molecular weight excluding hydrogens is 340 g/mol. The largest absolute Gasteiger partial charge is 0.491 e. The monoisotopic (exact) mass is 366 g/mol. The Hall–Kier alpha value is -2.82. The minimum Gasteiger partial charge on any atom is -0.491 e. The van der Waals surface area contributed by atoms with Gasteiger partial charge in [-0.25, -0.2) is 0 Å². The van der Waals surface area contributed by atoms with Gasteiger partial charge < -0.3 is 15.0 Å². The molecule has 0 unspecified atom stereocenters. The van der Waals surface area contributed by atoms with Gasteiger partial charge in [0.15, 0.2) is 0 Å². The fourth-order valence-electron chi connectivity index (χ4n) is 3.20. The fraction of sp³-hybridized carbons (Fsp3) is 0.364. The van der Waals surface area contributed by atoms with Crippen molar-refractivity contribution in [2.45, 2.75) is 39.2 Å². The number of nitrogens with zero attached hydrogens (tertiary/aromatic N) is 1. The number of benzene rings is 2. The second kappa shape index (κ2) is 8.71. The number of carbonyl (C=O) groups excluding carboxylic acids is 2. The van der Waals surface area contributed by atoms with E-state index >= 15 is 0 Å². The second-order valence-electron chi connectivity index (χ2n) is 7.08. The van der Waals surface area contributed by atoms with Crippen molar-refractivity contribution < 1.29 is 14.3 Å². The summed E-state index contributed by atoms with van der Waals surface area (Å²) in [5, 5.41) is 2.87. The first-order valence-electron chi connectivity index (χ1n) is 9.50. The molecule has 27 heavy (non-hydrogen) atoms. The molecule has 0 radical (unpaired) electrons. The highest BCUT2D eigenvalue weighted by molar-refractivity contribution is 6.05. The molecule has 1 aliphatic rings. The average molecular weight is 366 g/mol. The maximum absolute atomic E-state index is 12.7. The van der Waals surface area contributed by atoms with Crippen molar-refractivity contribution in [3.8, 4) is 5.75 Å². The Bertz CT molecular complexity index is 811. The quantitative estimate of drug-likeness (QED) is 0.856. The molecule has 0 aliphatic carbocycles. The standard InChI is InChI=1S/C22H26N2O3/c1-16(2)27-20-11-7-8-17(15-20)21(25)23-19-10-6-9-18(14-19)22(26)24-12-4-3-5-13-24/h6-11,14-16H,3-5,12-13H2,1-2H3,(H,23,25). The van der Waals surface area contributed by atoms with Crippen molar-refractivity contribution in [1.82, 2.24) is 4.90 Å². The second-order valence-corrected chi connectivity index (χ2v) is 7.08. The first-order valence-corrected chi connectivity index (χ1v) is 9.50. The molecule has 1 N–H and O–H groups in total. The lowest BCUT2D eigenvalue weighted by Gasteiger charge is -2.26. The maximum Gasteiger partial charge on any atom is 0.255 e. The third-order valence-corrected chi connectivity index (χ3v) is 4.48. The molecule has 2 aromatic carbocycles. The van der Waals surface area contributed by atoms with Gasteiger partial charge in [-0.2, -0.15) is 0 Å². The summed E-state index contributed by atoms with van der Waals surface area (Å²) in [5.74, 6) is 0.455. The van der Waals surface area contributed by atoms with Crippen LogP contribution >= 0.6 is 0 Å². The van der Waals surface area contributed by atoms with Crippen molar-refractivity contribution in [3.05, 3.63) is 59.7 Å². The molecule has 0 atom stereocenters. The van der Waals surface area contributed by atoms with Gasteiger partial charge >= 0.3 is 0 Å². The molecule has 1 heterocycles. The molecule has 3 rings (SSSR count). The number of ether oxygens (including phenoxy) is 1. The van der Waals surface area contributed by atoms with Crippen molar-refractivity contribution in [2.75, 3.05) is 18.4 Å². The minimum absolute atomic E-state index is 0.0260. The van der Waals surface area contributed by atoms with Crippen molar-refractivity contribution in [3.63, 3.8) is 0 Å². The van der Waals surface area contributed by atoms with Gasteiger partial charge in [0.25, 0.3) is 11.8 Å². The molecule has 0 spiro atoms. The molecular formula is C22H26N2O3. The van der Waals surface area contributed by atoms with Gasteiger partial charge in [-0.15, -0.1) is 0 Å². The van der Waals surface area contributed by atoms with Crippen LogP contribution in [-0.2, 0) is 0 Å².